The molecule has 0 saturated carbocycles. The molecule has 1 N–H and O–H groups in total. The number of hydrogen-bond donors (Lipinski definition) is 1. The summed E-state index contributed by atoms with van der Waals surface area (Å²) in [5.41, 5.74) is -0.121. The lowest BCUT2D eigenvalue weighted by Crippen LogP contribution is -2.16. The minimum atomic E-state index is -0.590. The maximum absolute atomic E-state index is 11.8. The number of aryl methyl sites for hydroxylation is 1. The topological polar surface area (TPSA) is 68.5 Å². The number of esters is 1. The highest BCUT2D eigenvalue weighted by Crippen LogP contribution is 2.24. The highest BCUT2D eigenvalue weighted by molar-refractivity contribution is 5.97. The second-order valence-electron chi connectivity index (χ2n) is 3.68. The molecule has 0 radical (unpaired) electrons. The second-order valence-corrected chi connectivity index (χ2v) is 3.68. The van der Waals surface area contributed by atoms with Crippen molar-refractivity contribution >= 4 is 16.7 Å². The molecule has 1 aromatic carbocycles. The van der Waals surface area contributed by atoms with Crippen LogP contribution in [0.4, 0.5) is 0 Å². The van der Waals surface area contributed by atoms with E-state index in [-0.39, 0.29) is 22.3 Å². The Kier molecular flexibility index (Phi) is 2.59. The van der Waals surface area contributed by atoms with E-state index < -0.39 is 5.97 Å². The second kappa shape index (κ2) is 3.93. The number of fused-ring (bicyclic) bond motifs is 1. The fourth-order valence-corrected chi connectivity index (χ4v) is 1.67. The highest BCUT2D eigenvalue weighted by Gasteiger charge is 2.12. The summed E-state index contributed by atoms with van der Waals surface area (Å²) in [6, 6.07) is 4.32. The van der Waals surface area contributed by atoms with Crippen molar-refractivity contribution in [3.05, 3.63) is 40.3 Å². The Labute approximate surface area is 96.9 Å². The summed E-state index contributed by atoms with van der Waals surface area (Å²) in [6.45, 7) is 0. The first kappa shape index (κ1) is 11.2. The number of pyridine rings is 1. The van der Waals surface area contributed by atoms with Gasteiger partial charge >= 0.3 is 5.97 Å². The van der Waals surface area contributed by atoms with Gasteiger partial charge in [0.1, 0.15) is 5.75 Å². The van der Waals surface area contributed by atoms with Crippen LogP contribution in [0.15, 0.2) is 29.2 Å². The maximum Gasteiger partial charge on any atom is 0.338 e. The molecule has 2 rings (SSSR count). The van der Waals surface area contributed by atoms with Gasteiger partial charge in [-0.3, -0.25) is 4.79 Å². The van der Waals surface area contributed by atoms with E-state index in [2.05, 4.69) is 4.74 Å². The van der Waals surface area contributed by atoms with E-state index in [1.54, 1.807) is 19.3 Å². The van der Waals surface area contributed by atoms with Gasteiger partial charge < -0.3 is 14.4 Å². The molecule has 5 heteroatoms. The van der Waals surface area contributed by atoms with Crippen LogP contribution in [-0.2, 0) is 11.8 Å². The number of nitrogens with zero attached hydrogens (tertiary/aromatic N) is 1. The molecule has 0 aliphatic carbocycles. The maximum atomic E-state index is 11.8. The number of benzene rings is 1. The van der Waals surface area contributed by atoms with Crippen molar-refractivity contribution in [1.29, 1.82) is 0 Å². The van der Waals surface area contributed by atoms with Crippen molar-refractivity contribution in [3.8, 4) is 5.75 Å². The molecule has 0 aliphatic rings. The van der Waals surface area contributed by atoms with Crippen LogP contribution in [0.2, 0.25) is 0 Å². The van der Waals surface area contributed by atoms with Crippen LogP contribution in [0.5, 0.6) is 5.75 Å². The predicted molar refractivity (Wildman–Crippen MR) is 62.2 cm³/mol. The van der Waals surface area contributed by atoms with Gasteiger partial charge in [0.05, 0.1) is 18.1 Å². The number of carbonyl (C=O) groups excluding carboxylic acids is 1. The number of carbonyl (C=O) groups is 1. The number of rotatable bonds is 1. The molecule has 0 atom stereocenters. The van der Waals surface area contributed by atoms with Gasteiger partial charge in [0.2, 0.25) is 0 Å². The van der Waals surface area contributed by atoms with E-state index in [1.807, 2.05) is 0 Å². The van der Waals surface area contributed by atoms with Gasteiger partial charge in [-0.25, -0.2) is 4.79 Å². The highest BCUT2D eigenvalue weighted by atomic mass is 16.5. The Hall–Kier alpha value is -2.30. The smallest absolute Gasteiger partial charge is 0.338 e. The molecule has 17 heavy (non-hydrogen) atoms. The molecule has 88 valence electrons. The Morgan fingerprint density at radius 2 is 2.06 bits per heavy atom. The summed E-state index contributed by atoms with van der Waals surface area (Å²) in [4.78, 5) is 23.2. The predicted octanol–water partition coefficient (Wildman–Crippen LogP) is 1.03. The summed E-state index contributed by atoms with van der Waals surface area (Å²) in [6.07, 6.45) is 1.56. The summed E-state index contributed by atoms with van der Waals surface area (Å²) >= 11 is 0. The fraction of sp³-hybridized carbons (Fsp3) is 0.167. The third-order valence-electron chi connectivity index (χ3n) is 2.59. The zero-order valence-corrected chi connectivity index (χ0v) is 9.43. The van der Waals surface area contributed by atoms with Gasteiger partial charge in [0.15, 0.2) is 0 Å². The molecule has 1 aromatic heterocycles. The number of aromatic nitrogens is 1. The van der Waals surface area contributed by atoms with Gasteiger partial charge in [0, 0.05) is 18.6 Å². The van der Waals surface area contributed by atoms with E-state index in [0.29, 0.717) is 5.39 Å². The minimum absolute atomic E-state index is 0.111. The monoisotopic (exact) mass is 233 g/mol. The van der Waals surface area contributed by atoms with Crippen molar-refractivity contribution in [1.82, 2.24) is 4.57 Å². The van der Waals surface area contributed by atoms with Crippen molar-refractivity contribution in [2.24, 2.45) is 7.05 Å². The van der Waals surface area contributed by atoms with Crippen LogP contribution >= 0.6 is 0 Å². The van der Waals surface area contributed by atoms with Crippen LogP contribution in [0.1, 0.15) is 10.4 Å². The molecule has 0 unspecified atom stereocenters. The van der Waals surface area contributed by atoms with Crippen molar-refractivity contribution in [2.45, 2.75) is 0 Å². The minimum Gasteiger partial charge on any atom is -0.507 e. The molecular weight excluding hydrogens is 222 g/mol. The summed E-state index contributed by atoms with van der Waals surface area (Å²) < 4.78 is 5.93. The molecule has 5 nitrogen and oxygen atoms in total. The summed E-state index contributed by atoms with van der Waals surface area (Å²) in [5, 5.41) is 10.5. The van der Waals surface area contributed by atoms with E-state index in [1.165, 1.54) is 23.8 Å². The molecule has 0 bridgehead atoms. The molecule has 0 saturated heterocycles. The standard InChI is InChI=1S/C12H11NO4/c1-13-4-3-8-9(11(13)15)5-7(6-10(8)14)12(16)17-2/h3-6,14H,1-2H3. The zero-order valence-electron chi connectivity index (χ0n) is 9.43. The molecule has 0 amide bonds. The van der Waals surface area contributed by atoms with Crippen LogP contribution < -0.4 is 5.56 Å². The van der Waals surface area contributed by atoms with Crippen molar-refractivity contribution in [2.75, 3.05) is 7.11 Å². The van der Waals surface area contributed by atoms with E-state index in [4.69, 9.17) is 0 Å². The summed E-state index contributed by atoms with van der Waals surface area (Å²) in [7, 11) is 2.84. The van der Waals surface area contributed by atoms with Crippen LogP contribution in [0, 0.1) is 0 Å². The van der Waals surface area contributed by atoms with E-state index >= 15 is 0 Å². The van der Waals surface area contributed by atoms with Crippen LogP contribution in [-0.4, -0.2) is 22.8 Å². The number of aromatic hydroxyl groups is 1. The Bertz CT molecular complexity index is 657. The van der Waals surface area contributed by atoms with E-state index in [0.717, 1.165) is 0 Å². The lowest BCUT2D eigenvalue weighted by Gasteiger charge is -2.06. The molecule has 0 spiro atoms. The molecule has 0 fully saturated rings. The SMILES string of the molecule is COC(=O)c1cc(O)c2ccn(C)c(=O)c2c1. The summed E-state index contributed by atoms with van der Waals surface area (Å²) in [5.74, 6) is -0.700. The Morgan fingerprint density at radius 1 is 1.35 bits per heavy atom. The van der Waals surface area contributed by atoms with Gasteiger partial charge in [0.25, 0.3) is 5.56 Å². The molecular formula is C12H11NO4. The lowest BCUT2D eigenvalue weighted by molar-refractivity contribution is 0.0600. The number of methoxy groups -OCH3 is 1. The van der Waals surface area contributed by atoms with Gasteiger partial charge in [-0.1, -0.05) is 0 Å². The number of phenolic OH excluding ortho intramolecular Hbond substituents is 1. The number of hydrogen-bond acceptors (Lipinski definition) is 4. The van der Waals surface area contributed by atoms with Crippen molar-refractivity contribution in [3.63, 3.8) is 0 Å². The lowest BCUT2D eigenvalue weighted by atomic mass is 10.1. The number of ether oxygens (including phenoxy) is 1. The largest absolute Gasteiger partial charge is 0.507 e. The van der Waals surface area contributed by atoms with E-state index in [9.17, 15) is 14.7 Å². The molecule has 1 heterocycles. The van der Waals surface area contributed by atoms with Gasteiger partial charge in [-0.15, -0.1) is 0 Å². The third-order valence-corrected chi connectivity index (χ3v) is 2.59. The number of phenols is 1. The quantitative estimate of drug-likeness (QED) is 0.747. The first-order chi connectivity index (χ1) is 8.04. The first-order valence-corrected chi connectivity index (χ1v) is 4.95. The van der Waals surface area contributed by atoms with Gasteiger partial charge in [-0.05, 0) is 18.2 Å². The van der Waals surface area contributed by atoms with Crippen LogP contribution in [0.25, 0.3) is 10.8 Å². The Balaban J connectivity index is 2.84. The average molecular weight is 233 g/mol. The van der Waals surface area contributed by atoms with Crippen LogP contribution in [0.3, 0.4) is 0 Å². The molecule has 0 aliphatic heterocycles. The Morgan fingerprint density at radius 3 is 2.71 bits per heavy atom. The van der Waals surface area contributed by atoms with Crippen molar-refractivity contribution < 1.29 is 14.6 Å². The third kappa shape index (κ3) is 1.75. The normalized spacial score (nSPS) is 10.5. The zero-order chi connectivity index (χ0) is 12.6. The van der Waals surface area contributed by atoms with Gasteiger partial charge in [-0.2, -0.15) is 0 Å². The fourth-order valence-electron chi connectivity index (χ4n) is 1.67. The molecule has 2 aromatic rings. The first-order valence-electron chi connectivity index (χ1n) is 4.95. The average Bonchev–Trinajstić information content (AvgIpc) is 2.33.